The molecule has 0 saturated heterocycles. The fourth-order valence-electron chi connectivity index (χ4n) is 1.22. The van der Waals surface area contributed by atoms with Crippen LogP contribution in [0.3, 0.4) is 0 Å². The van der Waals surface area contributed by atoms with E-state index in [-0.39, 0.29) is 5.78 Å². The van der Waals surface area contributed by atoms with Crippen molar-refractivity contribution in [1.29, 1.82) is 0 Å². The van der Waals surface area contributed by atoms with E-state index in [0.717, 1.165) is 5.69 Å². The maximum atomic E-state index is 11.3. The normalized spacial score (nSPS) is 10.8. The van der Waals surface area contributed by atoms with E-state index in [0.29, 0.717) is 24.5 Å². The van der Waals surface area contributed by atoms with Crippen molar-refractivity contribution in [1.82, 2.24) is 5.16 Å². The molecule has 1 aromatic rings. The molecular weight excluding hydrogens is 166 g/mol. The molecule has 1 aromatic heterocycles. The molecule has 0 bridgehead atoms. The van der Waals surface area contributed by atoms with Crippen molar-refractivity contribution in [2.45, 2.75) is 33.6 Å². The summed E-state index contributed by atoms with van der Waals surface area (Å²) in [7, 11) is 0. The zero-order valence-corrected chi connectivity index (χ0v) is 8.33. The monoisotopic (exact) mass is 181 g/mol. The molecule has 1 rings (SSSR count). The first-order valence-electron chi connectivity index (χ1n) is 4.52. The number of nitrogens with zero attached hydrogens (tertiary/aromatic N) is 1. The highest BCUT2D eigenvalue weighted by molar-refractivity contribution is 5.80. The first-order valence-corrected chi connectivity index (χ1v) is 4.52. The molecule has 0 atom stereocenters. The van der Waals surface area contributed by atoms with Gasteiger partial charge in [-0.15, -0.1) is 0 Å². The van der Waals surface area contributed by atoms with Gasteiger partial charge in [0.2, 0.25) is 0 Å². The van der Waals surface area contributed by atoms with Crippen LogP contribution >= 0.6 is 0 Å². The van der Waals surface area contributed by atoms with Crippen LogP contribution in [0.2, 0.25) is 0 Å². The molecule has 0 aromatic carbocycles. The minimum Gasteiger partial charge on any atom is -0.361 e. The lowest BCUT2D eigenvalue weighted by Gasteiger charge is -2.00. The first kappa shape index (κ1) is 9.96. The Bertz CT molecular complexity index is 289. The maximum absolute atomic E-state index is 11.3. The molecule has 1 heterocycles. The van der Waals surface area contributed by atoms with Gasteiger partial charge in [-0.1, -0.05) is 19.0 Å². The molecule has 0 spiro atoms. The number of rotatable bonds is 4. The lowest BCUT2D eigenvalue weighted by atomic mass is 10.0. The summed E-state index contributed by atoms with van der Waals surface area (Å²) in [6.07, 6.45) is 0.985. The van der Waals surface area contributed by atoms with Crippen LogP contribution < -0.4 is 0 Å². The first-order chi connectivity index (χ1) is 6.08. The van der Waals surface area contributed by atoms with E-state index in [4.69, 9.17) is 4.52 Å². The predicted octanol–water partition coefficient (Wildman–Crippen LogP) is 2.14. The highest BCUT2D eigenvalue weighted by atomic mass is 16.5. The molecule has 0 N–H and O–H groups in total. The van der Waals surface area contributed by atoms with Gasteiger partial charge in [0.1, 0.15) is 11.5 Å². The quantitative estimate of drug-likeness (QED) is 0.714. The number of Topliss-reactive ketones (excluding diaryl/α,β-unsaturated/α-hetero) is 1. The molecule has 0 aliphatic heterocycles. The molecule has 0 unspecified atom stereocenters. The van der Waals surface area contributed by atoms with Gasteiger partial charge in [0.25, 0.3) is 0 Å². The second-order valence-electron chi connectivity index (χ2n) is 3.75. The molecule has 72 valence electrons. The molecule has 0 aliphatic rings. The summed E-state index contributed by atoms with van der Waals surface area (Å²) >= 11 is 0. The van der Waals surface area contributed by atoms with E-state index in [9.17, 15) is 4.79 Å². The van der Waals surface area contributed by atoms with Crippen LogP contribution in [0.4, 0.5) is 0 Å². The van der Waals surface area contributed by atoms with Gasteiger partial charge in [-0.2, -0.15) is 0 Å². The molecule has 0 fully saturated rings. The summed E-state index contributed by atoms with van der Waals surface area (Å²) in [6, 6.07) is 1.80. The van der Waals surface area contributed by atoms with Crippen molar-refractivity contribution in [2.75, 3.05) is 0 Å². The lowest BCUT2D eigenvalue weighted by molar-refractivity contribution is -0.119. The van der Waals surface area contributed by atoms with Crippen molar-refractivity contribution in [3.8, 4) is 0 Å². The second-order valence-corrected chi connectivity index (χ2v) is 3.75. The number of ketones is 1. The van der Waals surface area contributed by atoms with Gasteiger partial charge in [-0.25, -0.2) is 0 Å². The second kappa shape index (κ2) is 4.21. The van der Waals surface area contributed by atoms with Crippen LogP contribution in [0.15, 0.2) is 10.6 Å². The van der Waals surface area contributed by atoms with Gasteiger partial charge in [-0.05, 0) is 12.8 Å². The summed E-state index contributed by atoms with van der Waals surface area (Å²) in [4.78, 5) is 11.3. The Labute approximate surface area is 78.1 Å². The van der Waals surface area contributed by atoms with Gasteiger partial charge >= 0.3 is 0 Å². The highest BCUT2D eigenvalue weighted by Crippen LogP contribution is 2.07. The summed E-state index contributed by atoms with van der Waals surface area (Å²) in [5, 5.41) is 3.72. The SMILES string of the molecule is Cc1cc(CC(=O)CC(C)C)on1. The Hall–Kier alpha value is -1.12. The highest BCUT2D eigenvalue weighted by Gasteiger charge is 2.09. The minimum absolute atomic E-state index is 0.214. The van der Waals surface area contributed by atoms with Crippen molar-refractivity contribution in [2.24, 2.45) is 5.92 Å². The average molecular weight is 181 g/mol. The van der Waals surface area contributed by atoms with E-state index in [2.05, 4.69) is 5.16 Å². The Balaban J connectivity index is 2.45. The van der Waals surface area contributed by atoms with Gasteiger partial charge < -0.3 is 4.52 Å². The van der Waals surface area contributed by atoms with Gasteiger partial charge in [0, 0.05) is 12.5 Å². The Morgan fingerprint density at radius 2 is 2.31 bits per heavy atom. The summed E-state index contributed by atoms with van der Waals surface area (Å²) < 4.78 is 4.95. The van der Waals surface area contributed by atoms with E-state index in [1.807, 2.05) is 20.8 Å². The summed E-state index contributed by atoms with van der Waals surface area (Å²) in [5.74, 6) is 1.30. The lowest BCUT2D eigenvalue weighted by Crippen LogP contribution is -2.05. The van der Waals surface area contributed by atoms with Crippen LogP contribution in [0.1, 0.15) is 31.7 Å². The largest absolute Gasteiger partial charge is 0.361 e. The third-order valence-corrected chi connectivity index (χ3v) is 1.68. The maximum Gasteiger partial charge on any atom is 0.144 e. The molecule has 13 heavy (non-hydrogen) atoms. The zero-order chi connectivity index (χ0) is 9.84. The van der Waals surface area contributed by atoms with E-state index in [1.165, 1.54) is 0 Å². The molecule has 0 saturated carbocycles. The van der Waals surface area contributed by atoms with Gasteiger partial charge in [0.15, 0.2) is 0 Å². The molecule has 0 radical (unpaired) electrons. The Morgan fingerprint density at radius 3 is 2.77 bits per heavy atom. The van der Waals surface area contributed by atoms with Crippen LogP contribution in [-0.2, 0) is 11.2 Å². The Morgan fingerprint density at radius 1 is 1.62 bits per heavy atom. The minimum atomic E-state index is 0.214. The number of carbonyl (C=O) groups excluding carboxylic acids is 1. The fraction of sp³-hybridized carbons (Fsp3) is 0.600. The van der Waals surface area contributed by atoms with E-state index >= 15 is 0 Å². The summed E-state index contributed by atoms with van der Waals surface area (Å²) in [5.41, 5.74) is 0.826. The van der Waals surface area contributed by atoms with Crippen molar-refractivity contribution < 1.29 is 9.32 Å². The molecule has 0 amide bonds. The number of aromatic nitrogens is 1. The Kier molecular flexibility index (Phi) is 3.23. The number of aryl methyl sites for hydroxylation is 1. The molecule has 3 nitrogen and oxygen atoms in total. The van der Waals surface area contributed by atoms with Crippen LogP contribution in [-0.4, -0.2) is 10.9 Å². The standard InChI is InChI=1S/C10H15NO2/c1-7(2)4-9(12)6-10-5-8(3)11-13-10/h5,7H,4,6H2,1-3H3. The fourth-order valence-corrected chi connectivity index (χ4v) is 1.22. The van der Waals surface area contributed by atoms with Crippen LogP contribution in [0.5, 0.6) is 0 Å². The van der Waals surface area contributed by atoms with Gasteiger partial charge in [0.05, 0.1) is 12.1 Å². The van der Waals surface area contributed by atoms with Crippen LogP contribution in [0.25, 0.3) is 0 Å². The van der Waals surface area contributed by atoms with E-state index < -0.39 is 0 Å². The third-order valence-electron chi connectivity index (χ3n) is 1.68. The van der Waals surface area contributed by atoms with E-state index in [1.54, 1.807) is 6.07 Å². The number of hydrogen-bond donors (Lipinski definition) is 0. The number of carbonyl (C=O) groups is 1. The molecule has 3 heteroatoms. The predicted molar refractivity (Wildman–Crippen MR) is 49.4 cm³/mol. The molecule has 0 aliphatic carbocycles. The van der Waals surface area contributed by atoms with Gasteiger partial charge in [-0.3, -0.25) is 4.79 Å². The molecular formula is C10H15NO2. The van der Waals surface area contributed by atoms with Crippen LogP contribution in [0, 0.1) is 12.8 Å². The third kappa shape index (κ3) is 3.40. The van der Waals surface area contributed by atoms with Crippen molar-refractivity contribution >= 4 is 5.78 Å². The van der Waals surface area contributed by atoms with Crippen molar-refractivity contribution in [3.63, 3.8) is 0 Å². The smallest absolute Gasteiger partial charge is 0.144 e. The van der Waals surface area contributed by atoms with Crippen molar-refractivity contribution in [3.05, 3.63) is 17.5 Å². The zero-order valence-electron chi connectivity index (χ0n) is 8.33. The number of hydrogen-bond acceptors (Lipinski definition) is 3. The topological polar surface area (TPSA) is 43.1 Å². The average Bonchev–Trinajstić information content (AvgIpc) is 2.33. The summed E-state index contributed by atoms with van der Waals surface area (Å²) in [6.45, 7) is 5.91.